The molecule has 14 heavy (non-hydrogen) atoms. The van der Waals surface area contributed by atoms with Gasteiger partial charge in [-0.3, -0.25) is 9.78 Å². The molecule has 1 unspecified atom stereocenters. The van der Waals surface area contributed by atoms with E-state index < -0.39 is 12.7 Å². The van der Waals surface area contributed by atoms with Crippen molar-refractivity contribution in [2.24, 2.45) is 0 Å². The van der Waals surface area contributed by atoms with Crippen molar-refractivity contribution in [3.8, 4) is 0 Å². The fourth-order valence-electron chi connectivity index (χ4n) is 0.926. The summed E-state index contributed by atoms with van der Waals surface area (Å²) in [5, 5.41) is 20.1. The van der Waals surface area contributed by atoms with Crippen molar-refractivity contribution >= 4 is 11.6 Å². The van der Waals surface area contributed by atoms with Crippen LogP contribution in [0.5, 0.6) is 0 Å². The lowest BCUT2D eigenvalue weighted by atomic mass is 10.2. The standard InChI is InChI=1S/C9H12N2O3/c12-6-8(13)5-9(14)11-7-1-3-10-4-2-7/h1-4,8,12-13H,5-6H2,(H,10,11,14). The van der Waals surface area contributed by atoms with Crippen LogP contribution in [0.15, 0.2) is 24.5 Å². The van der Waals surface area contributed by atoms with Crippen molar-refractivity contribution in [1.82, 2.24) is 4.98 Å². The van der Waals surface area contributed by atoms with Gasteiger partial charge in [0.05, 0.1) is 19.1 Å². The SMILES string of the molecule is O=C(CC(O)CO)Nc1ccncc1. The summed E-state index contributed by atoms with van der Waals surface area (Å²) < 4.78 is 0. The predicted octanol–water partition coefficient (Wildman–Crippen LogP) is -0.237. The normalized spacial score (nSPS) is 12.1. The van der Waals surface area contributed by atoms with Crippen LogP contribution in [0.2, 0.25) is 0 Å². The minimum Gasteiger partial charge on any atom is -0.394 e. The second-order valence-corrected chi connectivity index (χ2v) is 2.82. The maximum absolute atomic E-state index is 11.2. The Hall–Kier alpha value is -1.46. The number of carbonyl (C=O) groups is 1. The zero-order chi connectivity index (χ0) is 10.4. The number of nitrogens with one attached hydrogen (secondary N) is 1. The second kappa shape index (κ2) is 5.31. The number of rotatable bonds is 4. The number of anilines is 1. The lowest BCUT2D eigenvalue weighted by Crippen LogP contribution is -2.22. The van der Waals surface area contributed by atoms with E-state index in [-0.39, 0.29) is 12.3 Å². The summed E-state index contributed by atoms with van der Waals surface area (Å²) in [5.74, 6) is -0.335. The zero-order valence-electron chi connectivity index (χ0n) is 7.55. The summed E-state index contributed by atoms with van der Waals surface area (Å²) in [4.78, 5) is 15.0. The lowest BCUT2D eigenvalue weighted by Gasteiger charge is -2.07. The van der Waals surface area contributed by atoms with Gasteiger partial charge < -0.3 is 15.5 Å². The van der Waals surface area contributed by atoms with Crippen LogP contribution in [0.4, 0.5) is 5.69 Å². The van der Waals surface area contributed by atoms with Crippen LogP contribution in [-0.4, -0.2) is 33.8 Å². The van der Waals surface area contributed by atoms with Gasteiger partial charge in [-0.05, 0) is 12.1 Å². The first-order chi connectivity index (χ1) is 6.72. The molecule has 5 nitrogen and oxygen atoms in total. The Morgan fingerprint density at radius 1 is 1.50 bits per heavy atom. The highest BCUT2D eigenvalue weighted by Gasteiger charge is 2.09. The first-order valence-corrected chi connectivity index (χ1v) is 4.21. The maximum Gasteiger partial charge on any atom is 0.227 e. The minimum atomic E-state index is -1.00. The number of aliphatic hydroxyl groups is 2. The van der Waals surface area contributed by atoms with Gasteiger partial charge in [-0.2, -0.15) is 0 Å². The van der Waals surface area contributed by atoms with Crippen LogP contribution in [0.1, 0.15) is 6.42 Å². The third-order valence-electron chi connectivity index (χ3n) is 1.60. The number of pyridine rings is 1. The molecule has 1 rings (SSSR count). The summed E-state index contributed by atoms with van der Waals surface area (Å²) >= 11 is 0. The number of aliphatic hydroxyl groups excluding tert-OH is 2. The molecule has 0 aliphatic carbocycles. The first kappa shape index (κ1) is 10.6. The highest BCUT2D eigenvalue weighted by atomic mass is 16.3. The third-order valence-corrected chi connectivity index (χ3v) is 1.60. The van der Waals surface area contributed by atoms with E-state index in [2.05, 4.69) is 10.3 Å². The lowest BCUT2D eigenvalue weighted by molar-refractivity contribution is -0.118. The molecule has 76 valence electrons. The van der Waals surface area contributed by atoms with Crippen molar-refractivity contribution in [3.05, 3.63) is 24.5 Å². The van der Waals surface area contributed by atoms with Crippen molar-refractivity contribution in [2.75, 3.05) is 11.9 Å². The molecule has 0 aliphatic heterocycles. The molecule has 0 fully saturated rings. The maximum atomic E-state index is 11.2. The number of aromatic nitrogens is 1. The third kappa shape index (κ3) is 3.51. The molecule has 1 amide bonds. The van der Waals surface area contributed by atoms with E-state index in [1.54, 1.807) is 24.5 Å². The highest BCUT2D eigenvalue weighted by Crippen LogP contribution is 2.04. The summed E-state index contributed by atoms with van der Waals surface area (Å²) in [6.45, 7) is -0.413. The molecule has 3 N–H and O–H groups in total. The summed E-state index contributed by atoms with van der Waals surface area (Å²) in [7, 11) is 0. The van der Waals surface area contributed by atoms with Gasteiger partial charge in [-0.25, -0.2) is 0 Å². The fourth-order valence-corrected chi connectivity index (χ4v) is 0.926. The average Bonchev–Trinajstić information content (AvgIpc) is 2.19. The molecule has 0 aliphatic rings. The van der Waals surface area contributed by atoms with E-state index in [1.165, 1.54) is 0 Å². The molecular formula is C9H12N2O3. The number of hydrogen-bond donors (Lipinski definition) is 3. The largest absolute Gasteiger partial charge is 0.394 e. The molecule has 0 bridgehead atoms. The molecule has 0 saturated heterocycles. The van der Waals surface area contributed by atoms with Gasteiger partial charge in [-0.1, -0.05) is 0 Å². The molecule has 1 atom stereocenters. The topological polar surface area (TPSA) is 82.5 Å². The Morgan fingerprint density at radius 3 is 2.71 bits per heavy atom. The van der Waals surface area contributed by atoms with Gasteiger partial charge in [0.1, 0.15) is 0 Å². The van der Waals surface area contributed by atoms with Crippen LogP contribution >= 0.6 is 0 Å². The van der Waals surface area contributed by atoms with Crippen molar-refractivity contribution in [1.29, 1.82) is 0 Å². The highest BCUT2D eigenvalue weighted by molar-refractivity contribution is 5.90. The monoisotopic (exact) mass is 196 g/mol. The Labute approximate surface area is 81.4 Å². The summed E-state index contributed by atoms with van der Waals surface area (Å²) in [6, 6.07) is 3.28. The van der Waals surface area contributed by atoms with Crippen molar-refractivity contribution in [3.63, 3.8) is 0 Å². The molecule has 1 heterocycles. The zero-order valence-corrected chi connectivity index (χ0v) is 7.55. The van der Waals surface area contributed by atoms with E-state index >= 15 is 0 Å². The van der Waals surface area contributed by atoms with Gasteiger partial charge in [0.15, 0.2) is 0 Å². The van der Waals surface area contributed by atoms with Gasteiger partial charge in [0.25, 0.3) is 0 Å². The first-order valence-electron chi connectivity index (χ1n) is 4.21. The predicted molar refractivity (Wildman–Crippen MR) is 50.6 cm³/mol. The van der Waals surface area contributed by atoms with Gasteiger partial charge in [0, 0.05) is 18.1 Å². The molecule has 0 aromatic carbocycles. The van der Waals surface area contributed by atoms with Crippen LogP contribution in [0.3, 0.4) is 0 Å². The minimum absolute atomic E-state index is 0.112. The average molecular weight is 196 g/mol. The quantitative estimate of drug-likeness (QED) is 0.621. The number of nitrogens with zero attached hydrogens (tertiary/aromatic N) is 1. The summed E-state index contributed by atoms with van der Waals surface area (Å²) in [6.07, 6.45) is 1.99. The number of hydrogen-bond acceptors (Lipinski definition) is 4. The van der Waals surface area contributed by atoms with Gasteiger partial charge >= 0.3 is 0 Å². The van der Waals surface area contributed by atoms with Crippen LogP contribution < -0.4 is 5.32 Å². The Bertz CT molecular complexity index is 289. The van der Waals surface area contributed by atoms with E-state index in [0.717, 1.165) is 0 Å². The summed E-state index contributed by atoms with van der Waals surface area (Å²) in [5.41, 5.74) is 0.620. The van der Waals surface area contributed by atoms with Gasteiger partial charge in [0.2, 0.25) is 5.91 Å². The fraction of sp³-hybridized carbons (Fsp3) is 0.333. The molecule has 1 aromatic rings. The van der Waals surface area contributed by atoms with Crippen LogP contribution in [0.25, 0.3) is 0 Å². The molecule has 1 aromatic heterocycles. The van der Waals surface area contributed by atoms with Crippen molar-refractivity contribution < 1.29 is 15.0 Å². The van der Waals surface area contributed by atoms with E-state index in [4.69, 9.17) is 10.2 Å². The Morgan fingerprint density at radius 2 is 2.14 bits per heavy atom. The second-order valence-electron chi connectivity index (χ2n) is 2.82. The Balaban J connectivity index is 2.42. The smallest absolute Gasteiger partial charge is 0.227 e. The van der Waals surface area contributed by atoms with E-state index in [0.29, 0.717) is 5.69 Å². The van der Waals surface area contributed by atoms with Crippen LogP contribution in [-0.2, 0) is 4.79 Å². The van der Waals surface area contributed by atoms with Crippen LogP contribution in [0, 0.1) is 0 Å². The molecular weight excluding hydrogens is 184 g/mol. The number of carbonyl (C=O) groups excluding carboxylic acids is 1. The number of amides is 1. The molecule has 5 heteroatoms. The van der Waals surface area contributed by atoms with E-state index in [1.807, 2.05) is 0 Å². The molecule has 0 radical (unpaired) electrons. The van der Waals surface area contributed by atoms with E-state index in [9.17, 15) is 4.79 Å². The molecule has 0 spiro atoms. The molecule has 0 saturated carbocycles. The van der Waals surface area contributed by atoms with Crippen molar-refractivity contribution in [2.45, 2.75) is 12.5 Å². The van der Waals surface area contributed by atoms with Gasteiger partial charge in [-0.15, -0.1) is 0 Å². The Kier molecular flexibility index (Phi) is 4.03.